The summed E-state index contributed by atoms with van der Waals surface area (Å²) >= 11 is 0. The number of hydrogen-bond donors (Lipinski definition) is 2. The Morgan fingerprint density at radius 3 is 2.38 bits per heavy atom. The lowest BCUT2D eigenvalue weighted by Crippen LogP contribution is -2.48. The van der Waals surface area contributed by atoms with E-state index in [4.69, 9.17) is 9.84 Å². The number of alkyl halides is 3. The second kappa shape index (κ2) is 9.60. The summed E-state index contributed by atoms with van der Waals surface area (Å²) in [5.41, 5.74) is -1.28. The number of amides is 1. The van der Waals surface area contributed by atoms with Crippen molar-refractivity contribution in [1.29, 1.82) is 0 Å². The maximum Gasteiger partial charge on any atom is 0.284 e. The molecule has 2 N–H and O–H groups in total. The van der Waals surface area contributed by atoms with Crippen molar-refractivity contribution in [3.63, 3.8) is 0 Å². The van der Waals surface area contributed by atoms with E-state index in [1.54, 1.807) is 29.6 Å². The SMILES string of the molecule is COc1ccc(-c2cc(C(=O)NC(C(O)F)C(F)F)c(=O)n(-c3cccc(F)c3)n2)cc1. The predicted octanol–water partition coefficient (Wildman–Crippen LogP) is 2.70. The van der Waals surface area contributed by atoms with Gasteiger partial charge in [0.1, 0.15) is 23.2 Å². The first-order chi connectivity index (χ1) is 15.2. The summed E-state index contributed by atoms with van der Waals surface area (Å²) in [6.07, 6.45) is -6.50. The van der Waals surface area contributed by atoms with Gasteiger partial charge in [-0.05, 0) is 48.5 Å². The molecule has 0 radical (unpaired) electrons. The van der Waals surface area contributed by atoms with Crippen LogP contribution in [0.4, 0.5) is 17.6 Å². The molecule has 1 aromatic heterocycles. The van der Waals surface area contributed by atoms with Crippen LogP contribution in [-0.4, -0.2) is 46.7 Å². The number of methoxy groups -OCH3 is 1. The molecule has 3 rings (SSSR count). The molecule has 0 fully saturated rings. The lowest BCUT2D eigenvalue weighted by Gasteiger charge is -2.18. The van der Waals surface area contributed by atoms with Crippen LogP contribution in [0.1, 0.15) is 10.4 Å². The zero-order valence-corrected chi connectivity index (χ0v) is 16.5. The van der Waals surface area contributed by atoms with Gasteiger partial charge in [-0.25, -0.2) is 17.6 Å². The van der Waals surface area contributed by atoms with Gasteiger partial charge in [0.2, 0.25) is 6.36 Å². The number of halogens is 4. The number of ether oxygens (including phenoxy) is 1. The molecule has 2 aromatic carbocycles. The fourth-order valence-corrected chi connectivity index (χ4v) is 2.82. The average molecular weight is 451 g/mol. The van der Waals surface area contributed by atoms with Crippen molar-refractivity contribution >= 4 is 5.91 Å². The first-order valence-corrected chi connectivity index (χ1v) is 9.17. The molecule has 2 atom stereocenters. The molecule has 0 aliphatic heterocycles. The number of carbonyl (C=O) groups is 1. The van der Waals surface area contributed by atoms with Gasteiger partial charge in [-0.2, -0.15) is 9.78 Å². The monoisotopic (exact) mass is 451 g/mol. The number of aliphatic hydroxyl groups is 1. The van der Waals surface area contributed by atoms with E-state index in [0.29, 0.717) is 11.3 Å². The molecule has 7 nitrogen and oxygen atoms in total. The molecule has 0 aliphatic carbocycles. The summed E-state index contributed by atoms with van der Waals surface area (Å²) in [7, 11) is 1.46. The Kier molecular flexibility index (Phi) is 6.89. The molecule has 1 amide bonds. The molecule has 32 heavy (non-hydrogen) atoms. The number of nitrogens with one attached hydrogen (secondary N) is 1. The van der Waals surface area contributed by atoms with Crippen LogP contribution >= 0.6 is 0 Å². The highest BCUT2D eigenvalue weighted by atomic mass is 19.3. The molecule has 3 aromatic rings. The zero-order chi connectivity index (χ0) is 23.4. The molecule has 0 spiro atoms. The molecule has 2 unspecified atom stereocenters. The minimum absolute atomic E-state index is 0.0321. The predicted molar refractivity (Wildman–Crippen MR) is 106 cm³/mol. The number of nitrogens with zero attached hydrogens (tertiary/aromatic N) is 2. The van der Waals surface area contributed by atoms with Crippen LogP contribution in [0.3, 0.4) is 0 Å². The summed E-state index contributed by atoms with van der Waals surface area (Å²) in [5.74, 6) is -1.53. The van der Waals surface area contributed by atoms with Crippen molar-refractivity contribution in [2.75, 3.05) is 7.11 Å². The third kappa shape index (κ3) is 4.94. The number of benzene rings is 2. The normalized spacial score (nSPS) is 13.0. The summed E-state index contributed by atoms with van der Waals surface area (Å²) in [6, 6.07) is 9.56. The van der Waals surface area contributed by atoms with Gasteiger partial charge in [-0.1, -0.05) is 6.07 Å². The fourth-order valence-electron chi connectivity index (χ4n) is 2.82. The van der Waals surface area contributed by atoms with E-state index >= 15 is 0 Å². The van der Waals surface area contributed by atoms with E-state index in [1.807, 2.05) is 0 Å². The van der Waals surface area contributed by atoms with Gasteiger partial charge in [0.05, 0.1) is 18.5 Å². The molecule has 1 heterocycles. The highest BCUT2D eigenvalue weighted by Gasteiger charge is 2.31. The summed E-state index contributed by atoms with van der Waals surface area (Å²) in [4.78, 5) is 25.4. The van der Waals surface area contributed by atoms with Crippen molar-refractivity contribution in [1.82, 2.24) is 15.1 Å². The van der Waals surface area contributed by atoms with Crippen LogP contribution in [0.25, 0.3) is 16.9 Å². The molecule has 11 heteroatoms. The number of rotatable bonds is 7. The Balaban J connectivity index is 2.15. The third-order valence-corrected chi connectivity index (χ3v) is 4.46. The van der Waals surface area contributed by atoms with E-state index in [1.165, 1.54) is 19.2 Å². The Morgan fingerprint density at radius 2 is 1.81 bits per heavy atom. The first kappa shape index (κ1) is 22.9. The first-order valence-electron chi connectivity index (χ1n) is 9.17. The third-order valence-electron chi connectivity index (χ3n) is 4.46. The minimum atomic E-state index is -3.44. The second-order valence-corrected chi connectivity index (χ2v) is 6.57. The van der Waals surface area contributed by atoms with E-state index in [-0.39, 0.29) is 11.4 Å². The summed E-state index contributed by atoms with van der Waals surface area (Å²) < 4.78 is 58.5. The summed E-state index contributed by atoms with van der Waals surface area (Å²) in [6.45, 7) is 0. The highest BCUT2D eigenvalue weighted by Crippen LogP contribution is 2.21. The Bertz CT molecular complexity index is 1160. The van der Waals surface area contributed by atoms with Gasteiger partial charge >= 0.3 is 0 Å². The standard InChI is InChI=1S/C21H17F4N3O4/c1-32-14-7-5-11(6-8-14)16-10-15(20(30)26-17(18(23)24)19(25)29)21(31)28(27-16)13-4-2-3-12(22)9-13/h2-10,17-19,29H,1H3,(H,26,30). The summed E-state index contributed by atoms with van der Waals surface area (Å²) in [5, 5.41) is 14.6. The molecule has 0 saturated carbocycles. The molecule has 0 saturated heterocycles. The van der Waals surface area contributed by atoms with Crippen molar-refractivity contribution < 1.29 is 32.2 Å². The fraction of sp³-hybridized carbons (Fsp3) is 0.190. The second-order valence-electron chi connectivity index (χ2n) is 6.57. The van der Waals surface area contributed by atoms with E-state index < -0.39 is 41.7 Å². The number of aromatic nitrogens is 2. The van der Waals surface area contributed by atoms with Crippen molar-refractivity contribution in [2.45, 2.75) is 18.8 Å². The average Bonchev–Trinajstić information content (AvgIpc) is 2.77. The maximum atomic E-state index is 13.7. The Hall–Kier alpha value is -3.73. The lowest BCUT2D eigenvalue weighted by atomic mass is 10.1. The topological polar surface area (TPSA) is 93.5 Å². The van der Waals surface area contributed by atoms with Crippen LogP contribution < -0.4 is 15.6 Å². The number of carbonyl (C=O) groups excluding carboxylic acids is 1. The van der Waals surface area contributed by atoms with Crippen LogP contribution in [0, 0.1) is 5.82 Å². The number of aliphatic hydroxyl groups excluding tert-OH is 1. The van der Waals surface area contributed by atoms with Crippen LogP contribution in [0.5, 0.6) is 5.75 Å². The van der Waals surface area contributed by atoms with Gasteiger partial charge in [0.15, 0.2) is 0 Å². The van der Waals surface area contributed by atoms with Gasteiger partial charge in [0, 0.05) is 5.56 Å². The van der Waals surface area contributed by atoms with Crippen LogP contribution in [0.15, 0.2) is 59.4 Å². The molecule has 168 valence electrons. The van der Waals surface area contributed by atoms with Crippen LogP contribution in [-0.2, 0) is 0 Å². The zero-order valence-electron chi connectivity index (χ0n) is 16.5. The Labute approximate surface area is 178 Å². The largest absolute Gasteiger partial charge is 0.497 e. The van der Waals surface area contributed by atoms with E-state index in [0.717, 1.165) is 22.9 Å². The maximum absolute atomic E-state index is 13.7. The lowest BCUT2D eigenvalue weighted by molar-refractivity contribution is -0.0481. The van der Waals surface area contributed by atoms with Crippen molar-refractivity contribution in [3.8, 4) is 22.7 Å². The molecular formula is C21H17F4N3O4. The van der Waals surface area contributed by atoms with E-state index in [9.17, 15) is 27.2 Å². The van der Waals surface area contributed by atoms with Gasteiger partial charge < -0.3 is 15.2 Å². The van der Waals surface area contributed by atoms with Crippen LogP contribution in [0.2, 0.25) is 0 Å². The van der Waals surface area contributed by atoms with Crippen molar-refractivity contribution in [2.24, 2.45) is 0 Å². The van der Waals surface area contributed by atoms with Gasteiger partial charge in [0.25, 0.3) is 17.9 Å². The minimum Gasteiger partial charge on any atom is -0.497 e. The van der Waals surface area contributed by atoms with Gasteiger partial charge in [-0.3, -0.25) is 9.59 Å². The molecule has 0 bridgehead atoms. The van der Waals surface area contributed by atoms with Gasteiger partial charge in [-0.15, -0.1) is 0 Å². The molecule has 0 aliphatic rings. The number of hydrogen-bond acceptors (Lipinski definition) is 5. The highest BCUT2D eigenvalue weighted by molar-refractivity contribution is 5.95. The Morgan fingerprint density at radius 1 is 1.12 bits per heavy atom. The van der Waals surface area contributed by atoms with E-state index in [2.05, 4.69) is 5.10 Å². The quantitative estimate of drug-likeness (QED) is 0.539. The molecular weight excluding hydrogens is 434 g/mol. The smallest absolute Gasteiger partial charge is 0.284 e. The van der Waals surface area contributed by atoms with Crippen molar-refractivity contribution in [3.05, 3.63) is 76.3 Å².